The van der Waals surface area contributed by atoms with Crippen LogP contribution < -0.4 is 5.32 Å². The molecular formula is C23H21F3N2O. The highest BCUT2D eigenvalue weighted by molar-refractivity contribution is 6.04. The molecule has 3 rings (SSSR count). The molecule has 6 heteroatoms. The minimum absolute atomic E-state index is 0.187. The van der Waals surface area contributed by atoms with Crippen LogP contribution in [0.3, 0.4) is 0 Å². The molecule has 3 nitrogen and oxygen atoms in total. The highest BCUT2D eigenvalue weighted by Crippen LogP contribution is 2.33. The lowest BCUT2D eigenvalue weighted by atomic mass is 9.98. The third kappa shape index (κ3) is 5.44. The Morgan fingerprint density at radius 1 is 0.966 bits per heavy atom. The van der Waals surface area contributed by atoms with Gasteiger partial charge in [0.05, 0.1) is 5.56 Å². The molecule has 0 spiro atoms. The topological polar surface area (TPSA) is 42.0 Å². The Hall–Kier alpha value is -3.15. The summed E-state index contributed by atoms with van der Waals surface area (Å²) in [4.78, 5) is 16.3. The number of amides is 1. The fourth-order valence-electron chi connectivity index (χ4n) is 3.14. The van der Waals surface area contributed by atoms with Gasteiger partial charge in [-0.3, -0.25) is 9.78 Å². The van der Waals surface area contributed by atoms with Gasteiger partial charge in [-0.1, -0.05) is 30.3 Å². The predicted molar refractivity (Wildman–Crippen MR) is 107 cm³/mol. The predicted octanol–water partition coefficient (Wildman–Crippen LogP) is 5.84. The van der Waals surface area contributed by atoms with E-state index in [4.69, 9.17) is 0 Å². The summed E-state index contributed by atoms with van der Waals surface area (Å²) in [6.45, 7) is 2.04. The molecule has 0 saturated heterocycles. The number of benzene rings is 2. The van der Waals surface area contributed by atoms with Crippen LogP contribution in [0.2, 0.25) is 0 Å². The van der Waals surface area contributed by atoms with Crippen molar-refractivity contribution in [1.29, 1.82) is 0 Å². The minimum Gasteiger partial charge on any atom is -0.322 e. The van der Waals surface area contributed by atoms with Crippen LogP contribution in [0.5, 0.6) is 0 Å². The molecule has 0 atom stereocenters. The zero-order valence-corrected chi connectivity index (χ0v) is 16.0. The molecule has 1 N–H and O–H groups in total. The zero-order chi connectivity index (χ0) is 20.9. The van der Waals surface area contributed by atoms with Crippen LogP contribution in [-0.4, -0.2) is 10.9 Å². The summed E-state index contributed by atoms with van der Waals surface area (Å²) in [7, 11) is 0. The molecule has 0 aliphatic rings. The van der Waals surface area contributed by atoms with Gasteiger partial charge in [-0.25, -0.2) is 0 Å². The third-order valence-corrected chi connectivity index (χ3v) is 4.78. The summed E-state index contributed by atoms with van der Waals surface area (Å²) < 4.78 is 39.5. The average Bonchev–Trinajstić information content (AvgIpc) is 2.70. The number of hydrogen-bond donors (Lipinski definition) is 1. The van der Waals surface area contributed by atoms with Gasteiger partial charge >= 0.3 is 6.18 Å². The number of carbonyl (C=O) groups excluding carboxylic acids is 1. The van der Waals surface area contributed by atoms with E-state index in [1.165, 1.54) is 41.7 Å². The Labute approximate surface area is 167 Å². The van der Waals surface area contributed by atoms with Gasteiger partial charge < -0.3 is 5.32 Å². The molecule has 3 aromatic rings. The first-order valence-corrected chi connectivity index (χ1v) is 9.30. The van der Waals surface area contributed by atoms with Gasteiger partial charge in [0.25, 0.3) is 5.91 Å². The lowest BCUT2D eigenvalue weighted by Crippen LogP contribution is -2.15. The van der Waals surface area contributed by atoms with Crippen molar-refractivity contribution in [3.63, 3.8) is 0 Å². The highest BCUT2D eigenvalue weighted by Gasteiger charge is 2.31. The van der Waals surface area contributed by atoms with E-state index in [9.17, 15) is 18.0 Å². The van der Waals surface area contributed by atoms with Crippen molar-refractivity contribution in [1.82, 2.24) is 4.98 Å². The van der Waals surface area contributed by atoms with E-state index >= 15 is 0 Å². The molecule has 150 valence electrons. The summed E-state index contributed by atoms with van der Waals surface area (Å²) in [6.07, 6.45) is 0.572. The second kappa shape index (κ2) is 8.90. The number of nitrogens with zero attached hydrogens (tertiary/aromatic N) is 1. The van der Waals surface area contributed by atoms with Crippen molar-refractivity contribution in [2.45, 2.75) is 32.4 Å². The zero-order valence-electron chi connectivity index (χ0n) is 16.0. The van der Waals surface area contributed by atoms with Gasteiger partial charge in [0.2, 0.25) is 0 Å². The molecule has 0 aliphatic carbocycles. The molecule has 1 heterocycles. The minimum atomic E-state index is -4.48. The molecule has 0 fully saturated rings. The van der Waals surface area contributed by atoms with Crippen molar-refractivity contribution in [3.05, 3.63) is 94.8 Å². The molecule has 0 bridgehead atoms. The number of carbonyl (C=O) groups is 1. The lowest BCUT2D eigenvalue weighted by Gasteiger charge is -2.15. The standard InChI is InChI=1S/C23H21F3N2O/c1-16-5-2-3-6-17(16)7-4-8-18-9-10-20(23(24,25)26)15-21(18)28-22(29)19-11-13-27-14-12-19/h2-3,5-6,9-15H,4,7-8H2,1H3,(H,28,29). The van der Waals surface area contributed by atoms with Gasteiger partial charge in [-0.15, -0.1) is 0 Å². The number of aromatic nitrogens is 1. The van der Waals surface area contributed by atoms with Crippen molar-refractivity contribution in [3.8, 4) is 0 Å². The molecule has 0 radical (unpaired) electrons. The number of alkyl halides is 3. The Balaban J connectivity index is 1.80. The lowest BCUT2D eigenvalue weighted by molar-refractivity contribution is -0.137. The molecule has 2 aromatic carbocycles. The van der Waals surface area contributed by atoms with Crippen LogP contribution >= 0.6 is 0 Å². The number of aryl methyl sites for hydroxylation is 3. The second-order valence-electron chi connectivity index (χ2n) is 6.84. The number of hydrogen-bond acceptors (Lipinski definition) is 2. The highest BCUT2D eigenvalue weighted by atomic mass is 19.4. The largest absolute Gasteiger partial charge is 0.416 e. The first-order valence-electron chi connectivity index (χ1n) is 9.30. The SMILES string of the molecule is Cc1ccccc1CCCc1ccc(C(F)(F)F)cc1NC(=O)c1ccncc1. The van der Waals surface area contributed by atoms with Gasteiger partial charge in [0.1, 0.15) is 0 Å². The van der Waals surface area contributed by atoms with E-state index in [-0.39, 0.29) is 5.69 Å². The van der Waals surface area contributed by atoms with Gasteiger partial charge in [-0.2, -0.15) is 13.2 Å². The number of halogens is 3. The Morgan fingerprint density at radius 2 is 1.66 bits per heavy atom. The van der Waals surface area contributed by atoms with E-state index in [1.807, 2.05) is 31.2 Å². The molecule has 29 heavy (non-hydrogen) atoms. The number of rotatable bonds is 6. The molecule has 0 unspecified atom stereocenters. The number of pyridine rings is 1. The number of anilines is 1. The van der Waals surface area contributed by atoms with E-state index < -0.39 is 17.6 Å². The smallest absolute Gasteiger partial charge is 0.322 e. The van der Waals surface area contributed by atoms with Crippen molar-refractivity contribution in [2.75, 3.05) is 5.32 Å². The van der Waals surface area contributed by atoms with Gasteiger partial charge in [0, 0.05) is 23.6 Å². The molecule has 1 aromatic heterocycles. The number of nitrogens with one attached hydrogen (secondary N) is 1. The maximum atomic E-state index is 13.2. The average molecular weight is 398 g/mol. The van der Waals surface area contributed by atoms with E-state index in [0.29, 0.717) is 17.5 Å². The third-order valence-electron chi connectivity index (χ3n) is 4.78. The van der Waals surface area contributed by atoms with E-state index in [1.54, 1.807) is 0 Å². The quantitative estimate of drug-likeness (QED) is 0.567. The Bertz CT molecular complexity index is 985. The fraction of sp³-hybridized carbons (Fsp3) is 0.217. The van der Waals surface area contributed by atoms with Crippen LogP contribution in [0.4, 0.5) is 18.9 Å². The first-order chi connectivity index (χ1) is 13.8. The van der Waals surface area contributed by atoms with Crippen LogP contribution in [0.25, 0.3) is 0 Å². The second-order valence-corrected chi connectivity index (χ2v) is 6.84. The molecular weight excluding hydrogens is 377 g/mol. The maximum Gasteiger partial charge on any atom is 0.416 e. The summed E-state index contributed by atoms with van der Waals surface area (Å²) in [5.74, 6) is -0.466. The van der Waals surface area contributed by atoms with E-state index in [2.05, 4.69) is 10.3 Å². The van der Waals surface area contributed by atoms with Crippen LogP contribution in [0, 0.1) is 6.92 Å². The monoisotopic (exact) mass is 398 g/mol. The van der Waals surface area contributed by atoms with Crippen molar-refractivity contribution in [2.24, 2.45) is 0 Å². The van der Waals surface area contributed by atoms with Gasteiger partial charge in [-0.05, 0) is 67.1 Å². The van der Waals surface area contributed by atoms with E-state index in [0.717, 1.165) is 25.0 Å². The maximum absolute atomic E-state index is 13.2. The summed E-state index contributed by atoms with van der Waals surface area (Å²) in [6, 6.07) is 14.6. The molecule has 0 saturated carbocycles. The normalized spacial score (nSPS) is 11.3. The molecule has 1 amide bonds. The fourth-order valence-corrected chi connectivity index (χ4v) is 3.14. The van der Waals surface area contributed by atoms with Gasteiger partial charge in [0.15, 0.2) is 0 Å². The van der Waals surface area contributed by atoms with Crippen LogP contribution in [0.1, 0.15) is 39.0 Å². The first kappa shape index (κ1) is 20.6. The van der Waals surface area contributed by atoms with Crippen molar-refractivity contribution >= 4 is 11.6 Å². The van der Waals surface area contributed by atoms with Crippen LogP contribution in [-0.2, 0) is 19.0 Å². The molecule has 0 aliphatic heterocycles. The van der Waals surface area contributed by atoms with Crippen LogP contribution in [0.15, 0.2) is 67.0 Å². The summed E-state index contributed by atoms with van der Waals surface area (Å²) >= 11 is 0. The van der Waals surface area contributed by atoms with Crippen molar-refractivity contribution < 1.29 is 18.0 Å². The summed E-state index contributed by atoms with van der Waals surface area (Å²) in [5, 5.41) is 2.63. The summed E-state index contributed by atoms with van der Waals surface area (Å²) in [5.41, 5.74) is 2.81. The Morgan fingerprint density at radius 3 is 2.34 bits per heavy atom. The Kier molecular flexibility index (Phi) is 6.32.